The van der Waals surface area contributed by atoms with Gasteiger partial charge in [0.05, 0.1) is 0 Å². The number of nitrogens with one attached hydrogen (secondary N) is 1. The third-order valence-electron chi connectivity index (χ3n) is 3.73. The van der Waals surface area contributed by atoms with E-state index in [0.717, 1.165) is 12.6 Å². The third-order valence-corrected chi connectivity index (χ3v) is 5.11. The van der Waals surface area contributed by atoms with Crippen LogP contribution in [0.15, 0.2) is 18.2 Å². The van der Waals surface area contributed by atoms with E-state index in [4.69, 9.17) is 0 Å². The maximum absolute atomic E-state index is 3.66. The smallest absolute Gasteiger partial charge is 0.0378 e. The van der Waals surface area contributed by atoms with Crippen molar-refractivity contribution in [2.75, 3.05) is 0 Å². The van der Waals surface area contributed by atoms with Crippen LogP contribution in [0.5, 0.6) is 0 Å². The molecule has 0 amide bonds. The molecule has 0 spiro atoms. The topological polar surface area (TPSA) is 12.0 Å². The largest absolute Gasteiger partial charge is 0.309 e. The number of hydrogen-bond acceptors (Lipinski definition) is 2. The number of fused-ring (bicyclic) bond motifs is 1. The molecule has 1 aromatic carbocycles. The highest BCUT2D eigenvalue weighted by Crippen LogP contribution is 2.35. The van der Waals surface area contributed by atoms with Crippen molar-refractivity contribution in [3.05, 3.63) is 34.2 Å². The fourth-order valence-electron chi connectivity index (χ4n) is 2.55. The lowest BCUT2D eigenvalue weighted by Crippen LogP contribution is -2.15. The van der Waals surface area contributed by atoms with E-state index in [9.17, 15) is 0 Å². The van der Waals surface area contributed by atoms with Crippen LogP contribution in [0.2, 0.25) is 0 Å². The van der Waals surface area contributed by atoms with Crippen LogP contribution in [-0.2, 0) is 13.0 Å². The van der Waals surface area contributed by atoms with Crippen LogP contribution in [0, 0.1) is 6.92 Å². The van der Waals surface area contributed by atoms with E-state index in [1.54, 1.807) is 10.4 Å². The van der Waals surface area contributed by atoms with E-state index in [1.165, 1.54) is 41.3 Å². The molecular weight excluding hydrogens is 238 g/mol. The number of aryl methyl sites for hydroxylation is 2. The summed E-state index contributed by atoms with van der Waals surface area (Å²) in [5, 5.41) is 5.16. The minimum absolute atomic E-state index is 0.797. The lowest BCUT2D eigenvalue weighted by Gasteiger charge is -2.04. The lowest BCUT2D eigenvalue weighted by molar-refractivity contribution is 0.690. The average Bonchev–Trinajstić information content (AvgIpc) is 3.12. The quantitative estimate of drug-likeness (QED) is 0.838. The second-order valence-corrected chi connectivity index (χ2v) is 6.47. The summed E-state index contributed by atoms with van der Waals surface area (Å²) in [7, 11) is 0. The summed E-state index contributed by atoms with van der Waals surface area (Å²) in [6.45, 7) is 5.57. The van der Waals surface area contributed by atoms with Gasteiger partial charge >= 0.3 is 0 Å². The summed E-state index contributed by atoms with van der Waals surface area (Å²) in [5.41, 5.74) is 3.02. The summed E-state index contributed by atoms with van der Waals surface area (Å²) >= 11 is 2.00. The predicted octanol–water partition coefficient (Wildman–Crippen LogP) is 4.41. The zero-order valence-electron chi connectivity index (χ0n) is 11.3. The SMILES string of the molecule is CCCc1c(CNC2CC2)sc2c(C)cccc12. The Hall–Kier alpha value is -0.860. The van der Waals surface area contributed by atoms with Crippen LogP contribution < -0.4 is 5.32 Å². The number of benzene rings is 1. The van der Waals surface area contributed by atoms with Gasteiger partial charge in [-0.3, -0.25) is 0 Å². The van der Waals surface area contributed by atoms with Crippen LogP contribution in [0.1, 0.15) is 42.2 Å². The normalized spacial score (nSPS) is 15.4. The molecule has 18 heavy (non-hydrogen) atoms. The lowest BCUT2D eigenvalue weighted by atomic mass is 10.0. The average molecular weight is 259 g/mol. The fourth-order valence-corrected chi connectivity index (χ4v) is 3.82. The maximum Gasteiger partial charge on any atom is 0.0378 e. The second kappa shape index (κ2) is 5.02. The van der Waals surface area contributed by atoms with Gasteiger partial charge in [-0.25, -0.2) is 0 Å². The number of thiophene rings is 1. The van der Waals surface area contributed by atoms with Crippen LogP contribution >= 0.6 is 11.3 Å². The van der Waals surface area contributed by atoms with Gasteiger partial charge in [0.2, 0.25) is 0 Å². The van der Waals surface area contributed by atoms with Crippen molar-refractivity contribution in [3.8, 4) is 0 Å². The van der Waals surface area contributed by atoms with Gasteiger partial charge in [0, 0.05) is 22.2 Å². The summed E-state index contributed by atoms with van der Waals surface area (Å²) in [6.07, 6.45) is 5.18. The van der Waals surface area contributed by atoms with E-state index in [1.807, 2.05) is 11.3 Å². The van der Waals surface area contributed by atoms with Gasteiger partial charge in [-0.1, -0.05) is 31.5 Å². The zero-order valence-corrected chi connectivity index (χ0v) is 12.1. The molecular formula is C16H21NS. The van der Waals surface area contributed by atoms with Crippen molar-refractivity contribution in [2.45, 2.75) is 52.1 Å². The van der Waals surface area contributed by atoms with Crippen LogP contribution in [-0.4, -0.2) is 6.04 Å². The van der Waals surface area contributed by atoms with Crippen molar-refractivity contribution in [3.63, 3.8) is 0 Å². The van der Waals surface area contributed by atoms with Gasteiger partial charge in [-0.15, -0.1) is 11.3 Å². The molecule has 0 radical (unpaired) electrons. The molecule has 1 saturated carbocycles. The maximum atomic E-state index is 3.66. The molecule has 3 rings (SSSR count). The van der Waals surface area contributed by atoms with Crippen molar-refractivity contribution < 1.29 is 0 Å². The second-order valence-electron chi connectivity index (χ2n) is 5.36. The minimum Gasteiger partial charge on any atom is -0.309 e. The molecule has 1 nitrogen and oxygen atoms in total. The molecule has 1 fully saturated rings. The van der Waals surface area contributed by atoms with Crippen molar-refractivity contribution in [1.29, 1.82) is 0 Å². The monoisotopic (exact) mass is 259 g/mol. The molecule has 1 N–H and O–H groups in total. The Labute approximate surface area is 113 Å². The van der Waals surface area contributed by atoms with Crippen LogP contribution in [0.3, 0.4) is 0 Å². The van der Waals surface area contributed by atoms with Gasteiger partial charge in [0.1, 0.15) is 0 Å². The Morgan fingerprint density at radius 1 is 1.33 bits per heavy atom. The van der Waals surface area contributed by atoms with Crippen LogP contribution in [0.4, 0.5) is 0 Å². The Morgan fingerprint density at radius 3 is 2.89 bits per heavy atom. The first-order valence-corrected chi connectivity index (χ1v) is 7.84. The van der Waals surface area contributed by atoms with E-state index < -0.39 is 0 Å². The van der Waals surface area contributed by atoms with Gasteiger partial charge in [0.15, 0.2) is 0 Å². The summed E-state index contributed by atoms with van der Waals surface area (Å²) in [5.74, 6) is 0. The number of hydrogen-bond donors (Lipinski definition) is 1. The Balaban J connectivity index is 1.98. The van der Waals surface area contributed by atoms with E-state index in [0.29, 0.717) is 0 Å². The van der Waals surface area contributed by atoms with Crippen LogP contribution in [0.25, 0.3) is 10.1 Å². The Kier molecular flexibility index (Phi) is 3.40. The molecule has 0 atom stereocenters. The number of rotatable bonds is 5. The highest BCUT2D eigenvalue weighted by molar-refractivity contribution is 7.19. The molecule has 1 heterocycles. The van der Waals surface area contributed by atoms with Gasteiger partial charge < -0.3 is 5.32 Å². The molecule has 0 aliphatic heterocycles. The predicted molar refractivity (Wildman–Crippen MR) is 80.4 cm³/mol. The third kappa shape index (κ3) is 2.32. The molecule has 1 aliphatic rings. The molecule has 0 saturated heterocycles. The first kappa shape index (κ1) is 12.2. The zero-order chi connectivity index (χ0) is 12.5. The Morgan fingerprint density at radius 2 is 2.17 bits per heavy atom. The van der Waals surface area contributed by atoms with Crippen molar-refractivity contribution in [2.24, 2.45) is 0 Å². The van der Waals surface area contributed by atoms with E-state index in [-0.39, 0.29) is 0 Å². The van der Waals surface area contributed by atoms with Crippen molar-refractivity contribution >= 4 is 21.4 Å². The molecule has 0 bridgehead atoms. The highest BCUT2D eigenvalue weighted by atomic mass is 32.1. The molecule has 1 aliphatic carbocycles. The van der Waals surface area contributed by atoms with Gasteiger partial charge in [-0.2, -0.15) is 0 Å². The molecule has 0 unspecified atom stereocenters. The summed E-state index contributed by atoms with van der Waals surface area (Å²) in [6, 6.07) is 7.52. The summed E-state index contributed by atoms with van der Waals surface area (Å²) in [4.78, 5) is 1.56. The Bertz CT molecular complexity index is 551. The standard InChI is InChI=1S/C16H21NS/c1-3-5-13-14-7-4-6-11(2)16(14)18-15(13)10-17-12-8-9-12/h4,6-7,12,17H,3,5,8-10H2,1-2H3. The fraction of sp³-hybridized carbons (Fsp3) is 0.500. The molecule has 2 heteroatoms. The first-order valence-electron chi connectivity index (χ1n) is 7.03. The van der Waals surface area contributed by atoms with E-state index in [2.05, 4.69) is 37.4 Å². The minimum atomic E-state index is 0.797. The van der Waals surface area contributed by atoms with Crippen molar-refractivity contribution in [1.82, 2.24) is 5.32 Å². The van der Waals surface area contributed by atoms with Gasteiger partial charge in [-0.05, 0) is 42.7 Å². The molecule has 1 aromatic heterocycles. The van der Waals surface area contributed by atoms with Gasteiger partial charge in [0.25, 0.3) is 0 Å². The molecule has 2 aromatic rings. The highest BCUT2D eigenvalue weighted by Gasteiger charge is 2.21. The molecule has 96 valence electrons. The first-order chi connectivity index (χ1) is 8.79. The summed E-state index contributed by atoms with van der Waals surface area (Å²) < 4.78 is 1.49. The van der Waals surface area contributed by atoms with E-state index >= 15 is 0 Å².